The average molecular weight is 267 g/mol. The van der Waals surface area contributed by atoms with Crippen LogP contribution in [0.15, 0.2) is 10.6 Å². The van der Waals surface area contributed by atoms with E-state index in [1.165, 1.54) is 25.5 Å². The number of hydrogen-bond acceptors (Lipinski definition) is 5. The van der Waals surface area contributed by atoms with Gasteiger partial charge in [-0.3, -0.25) is 9.80 Å². The van der Waals surface area contributed by atoms with E-state index < -0.39 is 5.97 Å². The summed E-state index contributed by atoms with van der Waals surface area (Å²) in [4.78, 5) is 15.4. The smallest absolute Gasteiger partial charge is 0.358 e. The molecule has 1 aromatic rings. The number of likely N-dealkylation sites (N-methyl/N-ethyl adjacent to an activating group) is 2. The second kappa shape index (κ2) is 6.16. The summed E-state index contributed by atoms with van der Waals surface area (Å²) >= 11 is 0. The average Bonchev–Trinajstić information content (AvgIpc) is 2.97. The van der Waals surface area contributed by atoms with Crippen LogP contribution < -0.4 is 0 Å². The number of likely N-dealkylation sites (tertiary alicyclic amines) is 1. The zero-order valence-corrected chi connectivity index (χ0v) is 11.5. The summed E-state index contributed by atoms with van der Waals surface area (Å²) in [5, 5.41) is 12.3. The van der Waals surface area contributed by atoms with Crippen LogP contribution in [0.5, 0.6) is 0 Å². The maximum Gasteiger partial charge on any atom is 0.358 e. The van der Waals surface area contributed by atoms with Crippen molar-refractivity contribution >= 4 is 5.97 Å². The first-order valence-electron chi connectivity index (χ1n) is 6.71. The highest BCUT2D eigenvalue weighted by Crippen LogP contribution is 2.18. The molecule has 0 aliphatic carbocycles. The highest BCUT2D eigenvalue weighted by atomic mass is 16.5. The third-order valence-corrected chi connectivity index (χ3v) is 3.63. The fraction of sp³-hybridized carbons (Fsp3) is 0.692. The Kier molecular flexibility index (Phi) is 4.55. The zero-order valence-electron chi connectivity index (χ0n) is 11.5. The van der Waals surface area contributed by atoms with E-state index in [2.05, 4.69) is 21.9 Å². The number of nitrogens with zero attached hydrogens (tertiary/aromatic N) is 3. The molecule has 0 spiro atoms. The maximum atomic E-state index is 10.7. The maximum absolute atomic E-state index is 10.7. The van der Waals surface area contributed by atoms with Crippen molar-refractivity contribution in [2.45, 2.75) is 32.4 Å². The van der Waals surface area contributed by atoms with Crippen LogP contribution in [0.1, 0.15) is 36.0 Å². The third-order valence-electron chi connectivity index (χ3n) is 3.63. The molecule has 1 aromatic heterocycles. The lowest BCUT2D eigenvalue weighted by Gasteiger charge is -2.27. The van der Waals surface area contributed by atoms with E-state index in [9.17, 15) is 4.79 Å². The van der Waals surface area contributed by atoms with Crippen LogP contribution in [0, 0.1) is 0 Å². The van der Waals surface area contributed by atoms with E-state index >= 15 is 0 Å². The summed E-state index contributed by atoms with van der Waals surface area (Å²) in [6, 6.07) is 2.09. The summed E-state index contributed by atoms with van der Waals surface area (Å²) in [7, 11) is 2.02. The van der Waals surface area contributed by atoms with E-state index in [4.69, 9.17) is 9.63 Å². The quantitative estimate of drug-likeness (QED) is 0.837. The molecule has 6 heteroatoms. The lowest BCUT2D eigenvalue weighted by molar-refractivity contribution is 0.0685. The molecule has 0 saturated carbocycles. The summed E-state index contributed by atoms with van der Waals surface area (Å²) in [5.74, 6) is -0.452. The molecule has 1 N–H and O–H groups in total. The van der Waals surface area contributed by atoms with Crippen LogP contribution in [-0.2, 0) is 6.54 Å². The highest BCUT2D eigenvalue weighted by molar-refractivity contribution is 5.85. The van der Waals surface area contributed by atoms with Gasteiger partial charge in [0, 0.05) is 18.7 Å². The minimum Gasteiger partial charge on any atom is -0.476 e. The fourth-order valence-electron chi connectivity index (χ4n) is 2.70. The second-order valence-corrected chi connectivity index (χ2v) is 5.11. The van der Waals surface area contributed by atoms with Crippen molar-refractivity contribution in [1.29, 1.82) is 0 Å². The summed E-state index contributed by atoms with van der Waals surface area (Å²) in [6.07, 6.45) is 2.49. The number of aromatic nitrogens is 1. The van der Waals surface area contributed by atoms with E-state index in [1.54, 1.807) is 0 Å². The van der Waals surface area contributed by atoms with E-state index in [-0.39, 0.29) is 5.69 Å². The van der Waals surface area contributed by atoms with Crippen LogP contribution in [0.25, 0.3) is 0 Å². The number of carbonyl (C=O) groups is 1. The summed E-state index contributed by atoms with van der Waals surface area (Å²) in [6.45, 7) is 6.02. The van der Waals surface area contributed by atoms with Crippen molar-refractivity contribution < 1.29 is 14.4 Å². The molecule has 1 aliphatic heterocycles. The first-order chi connectivity index (χ1) is 9.10. The highest BCUT2D eigenvalue weighted by Gasteiger charge is 2.24. The molecule has 0 radical (unpaired) electrons. The molecule has 2 heterocycles. The molecule has 1 aliphatic rings. The molecule has 1 unspecified atom stereocenters. The Bertz CT molecular complexity index is 433. The van der Waals surface area contributed by atoms with Crippen molar-refractivity contribution in [2.75, 3.05) is 26.7 Å². The molecule has 6 nitrogen and oxygen atoms in total. The van der Waals surface area contributed by atoms with Gasteiger partial charge in [0.05, 0.1) is 6.54 Å². The minimum absolute atomic E-state index is 0.0283. The van der Waals surface area contributed by atoms with E-state index in [1.807, 2.05) is 7.05 Å². The van der Waals surface area contributed by atoms with Crippen molar-refractivity contribution in [3.8, 4) is 0 Å². The molecule has 1 saturated heterocycles. The lowest BCUT2D eigenvalue weighted by Crippen LogP contribution is -2.38. The number of carboxylic acid groups (broad SMARTS) is 1. The first kappa shape index (κ1) is 14.0. The molecule has 106 valence electrons. The van der Waals surface area contributed by atoms with Crippen molar-refractivity contribution in [3.63, 3.8) is 0 Å². The van der Waals surface area contributed by atoms with Gasteiger partial charge in [-0.25, -0.2) is 4.79 Å². The van der Waals surface area contributed by atoms with Gasteiger partial charge in [0.25, 0.3) is 0 Å². The molecule has 0 bridgehead atoms. The standard InChI is InChI=1S/C13H21N3O3/c1-3-16-6-4-5-10(16)8-15(2)9-11-7-12(13(17)18)14-19-11/h7,10H,3-6,8-9H2,1-2H3,(H,17,18). The van der Waals surface area contributed by atoms with Gasteiger partial charge < -0.3 is 9.63 Å². The van der Waals surface area contributed by atoms with E-state index in [0.717, 1.165) is 13.1 Å². The van der Waals surface area contributed by atoms with Crippen LogP contribution >= 0.6 is 0 Å². The molecular formula is C13H21N3O3. The number of hydrogen-bond donors (Lipinski definition) is 1. The van der Waals surface area contributed by atoms with Gasteiger partial charge >= 0.3 is 5.97 Å². The Morgan fingerprint density at radius 1 is 1.68 bits per heavy atom. The second-order valence-electron chi connectivity index (χ2n) is 5.11. The van der Waals surface area contributed by atoms with Crippen LogP contribution in [0.4, 0.5) is 0 Å². The van der Waals surface area contributed by atoms with E-state index in [0.29, 0.717) is 18.3 Å². The molecule has 0 amide bonds. The molecular weight excluding hydrogens is 246 g/mol. The first-order valence-corrected chi connectivity index (χ1v) is 6.71. The molecule has 1 fully saturated rings. The Hall–Kier alpha value is -1.40. The molecule has 0 aromatic carbocycles. The van der Waals surface area contributed by atoms with Crippen molar-refractivity contribution in [2.24, 2.45) is 0 Å². The van der Waals surface area contributed by atoms with Gasteiger partial charge in [-0.05, 0) is 33.0 Å². The van der Waals surface area contributed by atoms with Crippen LogP contribution in [0.3, 0.4) is 0 Å². The van der Waals surface area contributed by atoms with Crippen LogP contribution in [0.2, 0.25) is 0 Å². The largest absolute Gasteiger partial charge is 0.476 e. The lowest BCUT2D eigenvalue weighted by atomic mass is 10.2. The van der Waals surface area contributed by atoms with Gasteiger partial charge in [-0.2, -0.15) is 0 Å². The number of carboxylic acids is 1. The molecule has 1 atom stereocenters. The van der Waals surface area contributed by atoms with Crippen molar-refractivity contribution in [3.05, 3.63) is 17.5 Å². The van der Waals surface area contributed by atoms with Crippen LogP contribution in [-0.4, -0.2) is 58.8 Å². The van der Waals surface area contributed by atoms with Gasteiger partial charge in [-0.15, -0.1) is 0 Å². The summed E-state index contributed by atoms with van der Waals surface area (Å²) in [5.41, 5.74) is -0.0283. The number of rotatable bonds is 6. The monoisotopic (exact) mass is 267 g/mol. The Balaban J connectivity index is 1.86. The van der Waals surface area contributed by atoms with Crippen molar-refractivity contribution in [1.82, 2.24) is 15.0 Å². The molecule has 2 rings (SSSR count). The fourth-order valence-corrected chi connectivity index (χ4v) is 2.70. The zero-order chi connectivity index (χ0) is 13.8. The Morgan fingerprint density at radius 2 is 2.47 bits per heavy atom. The SMILES string of the molecule is CCN1CCCC1CN(C)Cc1cc(C(=O)O)no1. The van der Waals surface area contributed by atoms with Gasteiger partial charge in [0.2, 0.25) is 0 Å². The molecule has 19 heavy (non-hydrogen) atoms. The normalized spacial score (nSPS) is 20.3. The summed E-state index contributed by atoms with van der Waals surface area (Å²) < 4.78 is 5.03. The van der Waals surface area contributed by atoms with Gasteiger partial charge in [0.1, 0.15) is 0 Å². The number of aromatic carboxylic acids is 1. The Labute approximate surface area is 113 Å². The van der Waals surface area contributed by atoms with Gasteiger partial charge in [-0.1, -0.05) is 12.1 Å². The topological polar surface area (TPSA) is 69.8 Å². The third kappa shape index (κ3) is 3.54. The predicted molar refractivity (Wildman–Crippen MR) is 70.1 cm³/mol. The van der Waals surface area contributed by atoms with Gasteiger partial charge in [0.15, 0.2) is 11.5 Å². The Morgan fingerprint density at radius 3 is 3.11 bits per heavy atom. The minimum atomic E-state index is -1.05. The predicted octanol–water partition coefficient (Wildman–Crippen LogP) is 1.29.